The van der Waals surface area contributed by atoms with Crippen molar-refractivity contribution in [3.8, 4) is 0 Å². The highest BCUT2D eigenvalue weighted by molar-refractivity contribution is 7.11. The number of hydrogen-bond donors (Lipinski definition) is 2. The van der Waals surface area contributed by atoms with Crippen molar-refractivity contribution < 1.29 is 9.53 Å². The minimum absolute atomic E-state index is 0.0801. The number of ether oxygens (including phenoxy) is 1. The molecule has 1 spiro atoms. The maximum Gasteiger partial charge on any atom is 0.272 e. The minimum atomic E-state index is -0.123. The summed E-state index contributed by atoms with van der Waals surface area (Å²) in [5.41, 5.74) is 2.44. The number of aromatic nitrogens is 2. The molecule has 2 aromatic heterocycles. The first-order valence-corrected chi connectivity index (χ1v) is 10.0. The molecule has 4 heterocycles. The van der Waals surface area contributed by atoms with Crippen LogP contribution in [0.1, 0.15) is 51.8 Å². The van der Waals surface area contributed by atoms with Gasteiger partial charge in [-0.15, -0.1) is 11.3 Å². The quantitative estimate of drug-likeness (QED) is 0.863. The lowest BCUT2D eigenvalue weighted by molar-refractivity contribution is 0.0509. The summed E-state index contributed by atoms with van der Waals surface area (Å²) in [6, 6.07) is 4.49. The van der Waals surface area contributed by atoms with Gasteiger partial charge in [-0.1, -0.05) is 0 Å². The summed E-state index contributed by atoms with van der Waals surface area (Å²) in [7, 11) is 0. The maximum absolute atomic E-state index is 12.4. The zero-order chi connectivity index (χ0) is 18.3. The van der Waals surface area contributed by atoms with Gasteiger partial charge in [-0.25, -0.2) is 0 Å². The Balaban J connectivity index is 1.54. The predicted molar refractivity (Wildman–Crippen MR) is 101 cm³/mol. The van der Waals surface area contributed by atoms with Gasteiger partial charge >= 0.3 is 0 Å². The summed E-state index contributed by atoms with van der Waals surface area (Å²) in [4.78, 5) is 17.7. The van der Waals surface area contributed by atoms with Crippen molar-refractivity contribution in [2.75, 3.05) is 19.7 Å². The van der Waals surface area contributed by atoms with Crippen LogP contribution in [0.15, 0.2) is 12.1 Å². The van der Waals surface area contributed by atoms with Crippen LogP contribution >= 0.6 is 11.3 Å². The number of thiophene rings is 1. The third-order valence-corrected chi connectivity index (χ3v) is 6.25. The van der Waals surface area contributed by atoms with E-state index >= 15 is 0 Å². The smallest absolute Gasteiger partial charge is 0.272 e. The fraction of sp³-hybridized carbons (Fsp3) is 0.579. The molecule has 1 amide bonds. The molecule has 1 atom stereocenters. The van der Waals surface area contributed by atoms with E-state index in [1.54, 1.807) is 0 Å². The highest BCUT2D eigenvalue weighted by atomic mass is 32.1. The van der Waals surface area contributed by atoms with Gasteiger partial charge in [0.25, 0.3) is 5.91 Å². The summed E-state index contributed by atoms with van der Waals surface area (Å²) < 4.78 is 5.93. The average molecular weight is 375 g/mol. The van der Waals surface area contributed by atoms with Gasteiger partial charge in [0, 0.05) is 39.9 Å². The fourth-order valence-electron chi connectivity index (χ4n) is 4.09. The Morgan fingerprint density at radius 2 is 2.35 bits per heavy atom. The Morgan fingerprint density at radius 3 is 3.08 bits per heavy atom. The van der Waals surface area contributed by atoms with Gasteiger partial charge in [-0.2, -0.15) is 5.10 Å². The Hall–Kier alpha value is -1.70. The Kier molecular flexibility index (Phi) is 4.62. The van der Waals surface area contributed by atoms with Gasteiger partial charge < -0.3 is 10.1 Å². The Labute approximate surface area is 157 Å². The second-order valence-electron chi connectivity index (χ2n) is 7.80. The molecule has 0 bridgehead atoms. The molecular weight excluding hydrogens is 348 g/mol. The van der Waals surface area contributed by atoms with E-state index in [2.05, 4.69) is 39.5 Å². The molecule has 0 radical (unpaired) electrons. The molecule has 1 unspecified atom stereocenters. The summed E-state index contributed by atoms with van der Waals surface area (Å²) in [6.45, 7) is 10.1. The molecule has 0 aromatic carbocycles. The molecule has 1 saturated heterocycles. The topological polar surface area (TPSA) is 70.2 Å². The number of carbonyl (C=O) groups is 1. The Bertz CT molecular complexity index is 812. The van der Waals surface area contributed by atoms with Crippen LogP contribution in [0.4, 0.5) is 0 Å². The summed E-state index contributed by atoms with van der Waals surface area (Å²) in [5.74, 6) is -0.123. The zero-order valence-corrected chi connectivity index (χ0v) is 16.4. The standard InChI is InChI=1S/C19H26N4O2S/c1-12(2)20-18(24)16-15-9-25-11-19(17(15)22-21-16)6-7-23(10-19)8-14-5-4-13(3)26-14/h4-5,12H,6-11H2,1-3H3,(H,20,24)(H,21,22). The molecule has 6 nitrogen and oxygen atoms in total. The summed E-state index contributed by atoms with van der Waals surface area (Å²) in [5, 5.41) is 10.5. The number of rotatable bonds is 4. The number of aromatic amines is 1. The first-order chi connectivity index (χ1) is 12.5. The summed E-state index contributed by atoms with van der Waals surface area (Å²) >= 11 is 1.86. The molecule has 0 saturated carbocycles. The van der Waals surface area contributed by atoms with Gasteiger partial charge in [0.2, 0.25) is 0 Å². The SMILES string of the molecule is Cc1ccc(CN2CCC3(COCc4c(C(=O)NC(C)C)n[nH]c43)C2)s1. The van der Waals surface area contributed by atoms with Gasteiger partial charge in [0.05, 0.1) is 18.9 Å². The van der Waals surface area contributed by atoms with Crippen molar-refractivity contribution in [1.82, 2.24) is 20.4 Å². The fourth-order valence-corrected chi connectivity index (χ4v) is 5.02. The van der Waals surface area contributed by atoms with Gasteiger partial charge in [-0.3, -0.25) is 14.8 Å². The number of amides is 1. The van der Waals surface area contributed by atoms with E-state index in [1.807, 2.05) is 25.2 Å². The maximum atomic E-state index is 12.4. The largest absolute Gasteiger partial charge is 0.376 e. The monoisotopic (exact) mass is 374 g/mol. The molecule has 0 aliphatic carbocycles. The molecule has 140 valence electrons. The van der Waals surface area contributed by atoms with E-state index in [0.29, 0.717) is 18.9 Å². The zero-order valence-electron chi connectivity index (χ0n) is 15.6. The molecule has 2 N–H and O–H groups in total. The molecule has 2 aliphatic rings. The first kappa shape index (κ1) is 17.7. The van der Waals surface area contributed by atoms with Crippen molar-refractivity contribution in [2.45, 2.75) is 51.8 Å². The number of likely N-dealkylation sites (tertiary alicyclic amines) is 1. The van der Waals surface area contributed by atoms with Crippen molar-refractivity contribution in [3.63, 3.8) is 0 Å². The number of aryl methyl sites for hydroxylation is 1. The van der Waals surface area contributed by atoms with Crippen molar-refractivity contribution in [2.24, 2.45) is 0 Å². The molecular formula is C19H26N4O2S. The molecule has 1 fully saturated rings. The lowest BCUT2D eigenvalue weighted by Gasteiger charge is -2.33. The normalized spacial score (nSPS) is 22.9. The van der Waals surface area contributed by atoms with Crippen molar-refractivity contribution in [1.29, 1.82) is 0 Å². The minimum Gasteiger partial charge on any atom is -0.376 e. The second kappa shape index (κ2) is 6.79. The number of carbonyl (C=O) groups excluding carboxylic acids is 1. The number of nitrogens with one attached hydrogen (secondary N) is 2. The van der Waals surface area contributed by atoms with Crippen LogP contribution < -0.4 is 5.32 Å². The van der Waals surface area contributed by atoms with E-state index in [1.165, 1.54) is 9.75 Å². The Morgan fingerprint density at radius 1 is 1.50 bits per heavy atom. The van der Waals surface area contributed by atoms with Crippen LogP contribution in [0.2, 0.25) is 0 Å². The van der Waals surface area contributed by atoms with E-state index in [4.69, 9.17) is 4.74 Å². The van der Waals surface area contributed by atoms with E-state index in [-0.39, 0.29) is 17.4 Å². The van der Waals surface area contributed by atoms with Crippen molar-refractivity contribution >= 4 is 17.2 Å². The van der Waals surface area contributed by atoms with Crippen LogP contribution in [0.25, 0.3) is 0 Å². The molecule has 4 rings (SSSR count). The van der Waals surface area contributed by atoms with Crippen LogP contribution in [0.3, 0.4) is 0 Å². The van der Waals surface area contributed by atoms with Crippen LogP contribution in [0.5, 0.6) is 0 Å². The third kappa shape index (κ3) is 3.19. The highest BCUT2D eigenvalue weighted by Gasteiger charge is 2.46. The number of hydrogen-bond acceptors (Lipinski definition) is 5. The van der Waals surface area contributed by atoms with Crippen LogP contribution in [0, 0.1) is 6.92 Å². The average Bonchev–Trinajstić information content (AvgIpc) is 3.28. The molecule has 2 aromatic rings. The molecule has 26 heavy (non-hydrogen) atoms. The van der Waals surface area contributed by atoms with Crippen molar-refractivity contribution in [3.05, 3.63) is 38.8 Å². The van der Waals surface area contributed by atoms with E-state index in [0.717, 1.165) is 37.3 Å². The van der Waals surface area contributed by atoms with Gasteiger partial charge in [0.1, 0.15) is 0 Å². The predicted octanol–water partition coefficient (Wildman–Crippen LogP) is 2.59. The molecule has 7 heteroatoms. The first-order valence-electron chi connectivity index (χ1n) is 9.21. The number of fused-ring (bicyclic) bond motifs is 2. The number of nitrogens with zero attached hydrogens (tertiary/aromatic N) is 2. The third-order valence-electron chi connectivity index (χ3n) is 5.27. The lowest BCUT2D eigenvalue weighted by Crippen LogP contribution is -2.40. The number of H-pyrrole nitrogens is 1. The van der Waals surface area contributed by atoms with Crippen LogP contribution in [-0.4, -0.2) is 46.7 Å². The second-order valence-corrected chi connectivity index (χ2v) is 9.17. The van der Waals surface area contributed by atoms with E-state index in [9.17, 15) is 4.79 Å². The molecule has 2 aliphatic heterocycles. The van der Waals surface area contributed by atoms with Gasteiger partial charge in [-0.05, 0) is 45.9 Å². The lowest BCUT2D eigenvalue weighted by atomic mass is 9.80. The van der Waals surface area contributed by atoms with E-state index < -0.39 is 0 Å². The highest BCUT2D eigenvalue weighted by Crippen LogP contribution is 2.40. The van der Waals surface area contributed by atoms with Crippen LogP contribution in [-0.2, 0) is 23.3 Å². The summed E-state index contributed by atoms with van der Waals surface area (Å²) in [6.07, 6.45) is 1.03. The van der Waals surface area contributed by atoms with Gasteiger partial charge in [0.15, 0.2) is 5.69 Å².